The maximum Gasteiger partial charge on any atom is 0.265 e. The van der Waals surface area contributed by atoms with Crippen LogP contribution in [0.25, 0.3) is 0 Å². The summed E-state index contributed by atoms with van der Waals surface area (Å²) in [5, 5.41) is 12.8. The summed E-state index contributed by atoms with van der Waals surface area (Å²) < 4.78 is 23.5. The number of halogens is 2. The van der Waals surface area contributed by atoms with Gasteiger partial charge in [0.1, 0.15) is 6.10 Å². The maximum absolute atomic E-state index is 11.8. The Morgan fingerprint density at radius 1 is 1.27 bits per heavy atom. The fraction of sp³-hybridized carbons (Fsp3) is 0.714. The topological polar surface area (TPSA) is 104 Å². The lowest BCUT2D eigenvalue weighted by molar-refractivity contribution is -0.125. The molecule has 0 aliphatic heterocycles. The molecule has 0 saturated carbocycles. The zero-order valence-corrected chi connectivity index (χ0v) is 7.87. The summed E-state index contributed by atoms with van der Waals surface area (Å²) in [5.41, 5.74) is 4.94. The molecule has 0 aromatic rings. The molecule has 2 amide bonds. The van der Waals surface area contributed by atoms with Crippen LogP contribution in [0.2, 0.25) is 0 Å². The third kappa shape index (κ3) is 6.75. The number of alkyl halides is 2. The van der Waals surface area contributed by atoms with Crippen LogP contribution in [0.15, 0.2) is 0 Å². The standard InChI is InChI=1S/C7H13F2N3O3/c8-7(9)4(13)2-11-6(15)3-12-5(14)1-10/h4,7,13H,1-3,10H2,(H,11,15)(H,12,14). The molecule has 0 saturated heterocycles. The van der Waals surface area contributed by atoms with E-state index in [0.29, 0.717) is 0 Å². The zero-order valence-electron chi connectivity index (χ0n) is 7.87. The van der Waals surface area contributed by atoms with Gasteiger partial charge in [0, 0.05) is 6.54 Å². The number of nitrogens with two attached hydrogens (primary N) is 1. The van der Waals surface area contributed by atoms with E-state index in [-0.39, 0.29) is 13.1 Å². The Morgan fingerprint density at radius 3 is 2.33 bits per heavy atom. The molecule has 1 unspecified atom stereocenters. The Bertz CT molecular complexity index is 226. The molecule has 1 atom stereocenters. The fourth-order valence-corrected chi connectivity index (χ4v) is 0.621. The highest BCUT2D eigenvalue weighted by Crippen LogP contribution is 1.97. The largest absolute Gasteiger partial charge is 0.385 e. The molecule has 8 heteroatoms. The van der Waals surface area contributed by atoms with E-state index in [1.165, 1.54) is 0 Å². The van der Waals surface area contributed by atoms with Crippen molar-refractivity contribution in [1.82, 2.24) is 10.6 Å². The van der Waals surface area contributed by atoms with Crippen molar-refractivity contribution in [3.8, 4) is 0 Å². The number of aliphatic hydroxyl groups is 1. The molecule has 0 aromatic heterocycles. The first-order chi connectivity index (χ1) is 6.97. The lowest BCUT2D eigenvalue weighted by Gasteiger charge is -2.10. The number of carbonyl (C=O) groups excluding carboxylic acids is 2. The minimum atomic E-state index is -2.91. The van der Waals surface area contributed by atoms with Gasteiger partial charge in [0.05, 0.1) is 13.1 Å². The van der Waals surface area contributed by atoms with Crippen molar-refractivity contribution >= 4 is 11.8 Å². The summed E-state index contributed by atoms with van der Waals surface area (Å²) in [6.07, 6.45) is -4.82. The third-order valence-electron chi connectivity index (χ3n) is 1.43. The Balaban J connectivity index is 3.62. The Hall–Kier alpha value is -1.28. The van der Waals surface area contributed by atoms with Crippen LogP contribution in [-0.2, 0) is 9.59 Å². The summed E-state index contributed by atoms with van der Waals surface area (Å²) in [7, 11) is 0. The van der Waals surface area contributed by atoms with Crippen molar-refractivity contribution in [2.75, 3.05) is 19.6 Å². The van der Waals surface area contributed by atoms with Gasteiger partial charge >= 0.3 is 0 Å². The molecule has 0 radical (unpaired) electrons. The number of hydrogen-bond acceptors (Lipinski definition) is 4. The molecular formula is C7H13F2N3O3. The van der Waals surface area contributed by atoms with Gasteiger partial charge in [-0.2, -0.15) is 0 Å². The van der Waals surface area contributed by atoms with Crippen molar-refractivity contribution in [2.24, 2.45) is 5.73 Å². The molecule has 15 heavy (non-hydrogen) atoms. The minimum absolute atomic E-state index is 0.257. The highest BCUT2D eigenvalue weighted by Gasteiger charge is 2.17. The van der Waals surface area contributed by atoms with Crippen LogP contribution in [0.3, 0.4) is 0 Å². The van der Waals surface area contributed by atoms with Gasteiger partial charge in [0.25, 0.3) is 6.43 Å². The molecule has 0 aliphatic carbocycles. The first-order valence-corrected chi connectivity index (χ1v) is 4.17. The lowest BCUT2D eigenvalue weighted by Crippen LogP contribution is -2.42. The Labute approximate surface area is 84.8 Å². The van der Waals surface area contributed by atoms with Gasteiger partial charge in [-0.05, 0) is 0 Å². The molecule has 0 fully saturated rings. The van der Waals surface area contributed by atoms with Gasteiger partial charge in [-0.15, -0.1) is 0 Å². The summed E-state index contributed by atoms with van der Waals surface area (Å²) in [6.45, 7) is -1.17. The predicted molar refractivity (Wildman–Crippen MR) is 47.1 cm³/mol. The summed E-state index contributed by atoms with van der Waals surface area (Å²) in [4.78, 5) is 21.4. The number of hydrogen-bond donors (Lipinski definition) is 4. The predicted octanol–water partition coefficient (Wildman–Crippen LogP) is -2.20. The average Bonchev–Trinajstić information content (AvgIpc) is 2.21. The van der Waals surface area contributed by atoms with Gasteiger partial charge in [0.15, 0.2) is 0 Å². The van der Waals surface area contributed by atoms with E-state index in [9.17, 15) is 18.4 Å². The molecule has 88 valence electrons. The number of amides is 2. The Morgan fingerprint density at radius 2 is 1.87 bits per heavy atom. The van der Waals surface area contributed by atoms with Crippen LogP contribution in [0.4, 0.5) is 8.78 Å². The van der Waals surface area contributed by atoms with Gasteiger partial charge in [-0.25, -0.2) is 8.78 Å². The molecule has 0 spiro atoms. The summed E-state index contributed by atoms with van der Waals surface area (Å²) in [6, 6.07) is 0. The van der Waals surface area contributed by atoms with Crippen molar-refractivity contribution in [2.45, 2.75) is 12.5 Å². The van der Waals surface area contributed by atoms with Crippen LogP contribution >= 0.6 is 0 Å². The second-order valence-electron chi connectivity index (χ2n) is 2.69. The molecular weight excluding hydrogens is 212 g/mol. The van der Waals surface area contributed by atoms with Crippen LogP contribution in [0.1, 0.15) is 0 Å². The molecule has 6 nitrogen and oxygen atoms in total. The number of rotatable bonds is 6. The van der Waals surface area contributed by atoms with E-state index in [1.54, 1.807) is 0 Å². The maximum atomic E-state index is 11.8. The number of aliphatic hydroxyl groups excluding tert-OH is 1. The van der Waals surface area contributed by atoms with E-state index in [0.717, 1.165) is 0 Å². The van der Waals surface area contributed by atoms with E-state index in [1.807, 2.05) is 5.32 Å². The highest BCUT2D eigenvalue weighted by molar-refractivity contribution is 5.85. The van der Waals surface area contributed by atoms with Crippen LogP contribution in [-0.4, -0.2) is 49.1 Å². The first-order valence-electron chi connectivity index (χ1n) is 4.17. The molecule has 0 aromatic carbocycles. The molecule has 0 aliphatic rings. The normalized spacial score (nSPS) is 12.3. The first kappa shape index (κ1) is 13.7. The second-order valence-corrected chi connectivity index (χ2v) is 2.69. The molecule has 0 heterocycles. The van der Waals surface area contributed by atoms with Crippen molar-refractivity contribution in [1.29, 1.82) is 0 Å². The second kappa shape index (κ2) is 7.07. The smallest absolute Gasteiger partial charge is 0.265 e. The SMILES string of the molecule is NCC(=O)NCC(=O)NCC(O)C(F)F. The fourth-order valence-electron chi connectivity index (χ4n) is 0.621. The zero-order chi connectivity index (χ0) is 11.8. The van der Waals surface area contributed by atoms with Crippen molar-refractivity contribution in [3.05, 3.63) is 0 Å². The van der Waals surface area contributed by atoms with Crippen molar-refractivity contribution < 1.29 is 23.5 Å². The molecule has 0 bridgehead atoms. The summed E-state index contributed by atoms with van der Waals surface area (Å²) in [5.74, 6) is -1.20. The monoisotopic (exact) mass is 225 g/mol. The van der Waals surface area contributed by atoms with Crippen LogP contribution in [0.5, 0.6) is 0 Å². The van der Waals surface area contributed by atoms with Gasteiger partial charge < -0.3 is 21.5 Å². The van der Waals surface area contributed by atoms with E-state index < -0.39 is 30.9 Å². The summed E-state index contributed by atoms with van der Waals surface area (Å²) >= 11 is 0. The van der Waals surface area contributed by atoms with Gasteiger partial charge in [-0.3, -0.25) is 9.59 Å². The molecule has 5 N–H and O–H groups in total. The van der Waals surface area contributed by atoms with Crippen molar-refractivity contribution in [3.63, 3.8) is 0 Å². The Kier molecular flexibility index (Phi) is 6.47. The average molecular weight is 225 g/mol. The highest BCUT2D eigenvalue weighted by atomic mass is 19.3. The molecule has 0 rings (SSSR count). The van der Waals surface area contributed by atoms with E-state index >= 15 is 0 Å². The number of nitrogens with one attached hydrogen (secondary N) is 2. The van der Waals surface area contributed by atoms with E-state index in [4.69, 9.17) is 10.8 Å². The van der Waals surface area contributed by atoms with Gasteiger partial charge in [0.2, 0.25) is 11.8 Å². The third-order valence-corrected chi connectivity index (χ3v) is 1.43. The van der Waals surface area contributed by atoms with Crippen LogP contribution in [0, 0.1) is 0 Å². The minimum Gasteiger partial charge on any atom is -0.385 e. The van der Waals surface area contributed by atoms with Gasteiger partial charge in [-0.1, -0.05) is 0 Å². The van der Waals surface area contributed by atoms with E-state index in [2.05, 4.69) is 5.32 Å². The van der Waals surface area contributed by atoms with Crippen LogP contribution < -0.4 is 16.4 Å². The lowest BCUT2D eigenvalue weighted by atomic mass is 10.3. The quantitative estimate of drug-likeness (QED) is 0.412. The number of carbonyl (C=O) groups is 2.